The molecule has 1 saturated heterocycles. The second-order valence-corrected chi connectivity index (χ2v) is 6.43. The van der Waals surface area contributed by atoms with Gasteiger partial charge in [-0.15, -0.1) is 12.4 Å². The molecular weight excluding hydrogens is 302 g/mol. The van der Waals surface area contributed by atoms with Crippen molar-refractivity contribution in [2.45, 2.75) is 0 Å². The third-order valence-electron chi connectivity index (χ3n) is 2.87. The average molecular weight is 320 g/mol. The molecule has 20 heavy (non-hydrogen) atoms. The van der Waals surface area contributed by atoms with Crippen molar-refractivity contribution in [3.05, 3.63) is 29.8 Å². The molecule has 1 aromatic carbocycles. The lowest BCUT2D eigenvalue weighted by Gasteiger charge is -2.27. The van der Waals surface area contributed by atoms with Gasteiger partial charge >= 0.3 is 0 Å². The lowest BCUT2D eigenvalue weighted by Crippen LogP contribution is -2.48. The highest BCUT2D eigenvalue weighted by atomic mass is 35.5. The Morgan fingerprint density at radius 1 is 1.30 bits per heavy atom. The van der Waals surface area contributed by atoms with Gasteiger partial charge in [0.25, 0.3) is 5.91 Å². The van der Waals surface area contributed by atoms with E-state index < -0.39 is 10.0 Å². The lowest BCUT2D eigenvalue weighted by atomic mass is 10.0. The van der Waals surface area contributed by atoms with Crippen LogP contribution in [-0.4, -0.2) is 40.2 Å². The van der Waals surface area contributed by atoms with Crippen LogP contribution in [0.1, 0.15) is 10.4 Å². The Bertz CT molecular complexity index is 556. The number of hydrogen-bond donors (Lipinski definition) is 3. The van der Waals surface area contributed by atoms with Gasteiger partial charge in [-0.3, -0.25) is 9.52 Å². The monoisotopic (exact) mass is 319 g/mol. The van der Waals surface area contributed by atoms with E-state index in [4.69, 9.17) is 0 Å². The fraction of sp³-hybridized carbons (Fsp3) is 0.417. The summed E-state index contributed by atoms with van der Waals surface area (Å²) in [5, 5.41) is 5.99. The minimum atomic E-state index is -3.29. The highest BCUT2D eigenvalue weighted by Crippen LogP contribution is 2.11. The zero-order valence-electron chi connectivity index (χ0n) is 11.0. The first-order valence-corrected chi connectivity index (χ1v) is 7.90. The summed E-state index contributed by atoms with van der Waals surface area (Å²) in [5.41, 5.74) is 0.966. The number of carbonyl (C=O) groups excluding carboxylic acids is 1. The normalized spacial score (nSPS) is 14.8. The average Bonchev–Trinajstić information content (AvgIpc) is 2.25. The number of sulfonamides is 1. The largest absolute Gasteiger partial charge is 0.352 e. The molecule has 2 rings (SSSR count). The van der Waals surface area contributed by atoms with Gasteiger partial charge in [0.05, 0.1) is 6.26 Å². The number of hydrogen-bond acceptors (Lipinski definition) is 4. The molecule has 0 saturated carbocycles. The Hall–Kier alpha value is -1.31. The number of benzene rings is 1. The van der Waals surface area contributed by atoms with Crippen LogP contribution < -0.4 is 15.4 Å². The van der Waals surface area contributed by atoms with E-state index in [0.29, 0.717) is 23.7 Å². The summed E-state index contributed by atoms with van der Waals surface area (Å²) in [6.45, 7) is 2.55. The molecule has 1 aliphatic rings. The first-order valence-electron chi connectivity index (χ1n) is 6.01. The predicted molar refractivity (Wildman–Crippen MR) is 80.8 cm³/mol. The van der Waals surface area contributed by atoms with Crippen molar-refractivity contribution in [3.8, 4) is 0 Å². The maximum atomic E-state index is 11.8. The third-order valence-corrected chi connectivity index (χ3v) is 3.47. The van der Waals surface area contributed by atoms with E-state index in [9.17, 15) is 13.2 Å². The van der Waals surface area contributed by atoms with Crippen molar-refractivity contribution in [1.29, 1.82) is 0 Å². The third kappa shape index (κ3) is 4.99. The van der Waals surface area contributed by atoms with E-state index in [0.717, 1.165) is 19.3 Å². The number of anilines is 1. The van der Waals surface area contributed by atoms with E-state index in [-0.39, 0.29) is 18.3 Å². The van der Waals surface area contributed by atoms with E-state index >= 15 is 0 Å². The molecule has 1 fully saturated rings. The molecule has 1 aromatic rings. The van der Waals surface area contributed by atoms with Gasteiger partial charge in [0.1, 0.15) is 0 Å². The Kier molecular flexibility index (Phi) is 5.79. The first-order chi connectivity index (χ1) is 8.94. The summed E-state index contributed by atoms with van der Waals surface area (Å²) in [4.78, 5) is 11.8. The molecule has 0 radical (unpaired) electrons. The minimum absolute atomic E-state index is 0. The molecule has 1 amide bonds. The van der Waals surface area contributed by atoms with Crippen molar-refractivity contribution >= 4 is 34.0 Å². The van der Waals surface area contributed by atoms with Crippen LogP contribution in [0.15, 0.2) is 24.3 Å². The van der Waals surface area contributed by atoms with Crippen LogP contribution >= 0.6 is 12.4 Å². The van der Waals surface area contributed by atoms with Crippen LogP contribution in [0, 0.1) is 5.92 Å². The number of halogens is 1. The summed E-state index contributed by atoms with van der Waals surface area (Å²) in [6.07, 6.45) is 1.08. The Morgan fingerprint density at radius 2 is 1.90 bits per heavy atom. The van der Waals surface area contributed by atoms with Crippen molar-refractivity contribution in [3.63, 3.8) is 0 Å². The summed E-state index contributed by atoms with van der Waals surface area (Å²) < 4.78 is 24.4. The highest BCUT2D eigenvalue weighted by molar-refractivity contribution is 7.92. The van der Waals surface area contributed by atoms with Gasteiger partial charge < -0.3 is 10.6 Å². The quantitative estimate of drug-likeness (QED) is 0.734. The molecule has 0 aromatic heterocycles. The van der Waals surface area contributed by atoms with Gasteiger partial charge in [0.15, 0.2) is 0 Å². The zero-order valence-corrected chi connectivity index (χ0v) is 12.7. The smallest absolute Gasteiger partial charge is 0.251 e. The molecule has 8 heteroatoms. The number of nitrogens with one attached hydrogen (secondary N) is 3. The molecule has 0 bridgehead atoms. The van der Waals surface area contributed by atoms with Crippen LogP contribution in [0.3, 0.4) is 0 Å². The van der Waals surface area contributed by atoms with E-state index in [1.165, 1.54) is 0 Å². The standard InChI is InChI=1S/C12H17N3O3S.ClH/c1-19(17,18)15-11-4-2-10(3-5-11)12(16)14-8-9-6-13-7-9;/h2-5,9,13,15H,6-8H2,1H3,(H,14,16);1H. The van der Waals surface area contributed by atoms with Gasteiger partial charge in [0, 0.05) is 36.8 Å². The second kappa shape index (κ2) is 6.92. The van der Waals surface area contributed by atoms with Gasteiger partial charge in [-0.1, -0.05) is 0 Å². The second-order valence-electron chi connectivity index (χ2n) is 4.69. The van der Waals surface area contributed by atoms with E-state index in [1.54, 1.807) is 24.3 Å². The summed E-state index contributed by atoms with van der Waals surface area (Å²) in [6, 6.07) is 6.34. The molecule has 0 unspecified atom stereocenters. The first kappa shape index (κ1) is 16.7. The van der Waals surface area contributed by atoms with Crippen LogP contribution in [0.5, 0.6) is 0 Å². The Labute approximate surface area is 124 Å². The molecule has 112 valence electrons. The van der Waals surface area contributed by atoms with Crippen LogP contribution in [0.25, 0.3) is 0 Å². The molecule has 6 nitrogen and oxygen atoms in total. The summed E-state index contributed by atoms with van der Waals surface area (Å²) >= 11 is 0. The lowest BCUT2D eigenvalue weighted by molar-refractivity contribution is 0.0942. The highest BCUT2D eigenvalue weighted by Gasteiger charge is 2.17. The SMILES string of the molecule is CS(=O)(=O)Nc1ccc(C(=O)NCC2CNC2)cc1.Cl. The Morgan fingerprint density at radius 3 is 2.35 bits per heavy atom. The van der Waals surface area contributed by atoms with Crippen LogP contribution in [0.2, 0.25) is 0 Å². The molecule has 1 aliphatic heterocycles. The van der Waals surface area contributed by atoms with Crippen molar-refractivity contribution in [2.75, 3.05) is 30.6 Å². The fourth-order valence-electron chi connectivity index (χ4n) is 1.74. The maximum Gasteiger partial charge on any atom is 0.251 e. The molecule has 1 heterocycles. The minimum Gasteiger partial charge on any atom is -0.352 e. The molecule has 0 spiro atoms. The predicted octanol–water partition coefficient (Wildman–Crippen LogP) is 0.429. The van der Waals surface area contributed by atoms with Gasteiger partial charge in [-0.05, 0) is 24.3 Å². The van der Waals surface area contributed by atoms with Crippen molar-refractivity contribution < 1.29 is 13.2 Å². The van der Waals surface area contributed by atoms with E-state index in [2.05, 4.69) is 15.4 Å². The van der Waals surface area contributed by atoms with Gasteiger partial charge in [-0.25, -0.2) is 8.42 Å². The number of amides is 1. The summed E-state index contributed by atoms with van der Waals surface area (Å²) in [7, 11) is -3.29. The van der Waals surface area contributed by atoms with E-state index in [1.807, 2.05) is 0 Å². The molecule has 0 atom stereocenters. The molecular formula is C12H18ClN3O3S. The van der Waals surface area contributed by atoms with Crippen LogP contribution in [0.4, 0.5) is 5.69 Å². The topological polar surface area (TPSA) is 87.3 Å². The molecule has 0 aliphatic carbocycles. The molecule has 3 N–H and O–H groups in total. The number of carbonyl (C=O) groups is 1. The fourth-order valence-corrected chi connectivity index (χ4v) is 2.30. The van der Waals surface area contributed by atoms with Gasteiger partial charge in [0.2, 0.25) is 10.0 Å². The number of rotatable bonds is 5. The maximum absolute atomic E-state index is 11.8. The van der Waals surface area contributed by atoms with Crippen molar-refractivity contribution in [2.24, 2.45) is 5.92 Å². The zero-order chi connectivity index (χ0) is 13.9. The summed E-state index contributed by atoms with van der Waals surface area (Å²) in [5.74, 6) is 0.368. The Balaban J connectivity index is 0.00000200. The van der Waals surface area contributed by atoms with Gasteiger partial charge in [-0.2, -0.15) is 0 Å². The van der Waals surface area contributed by atoms with Crippen LogP contribution in [-0.2, 0) is 10.0 Å². The van der Waals surface area contributed by atoms with Crippen molar-refractivity contribution in [1.82, 2.24) is 10.6 Å².